The van der Waals surface area contributed by atoms with Crippen molar-refractivity contribution in [2.24, 2.45) is 0 Å². The third-order valence-electron chi connectivity index (χ3n) is 2.82. The molecule has 2 rings (SSSR count). The Balaban J connectivity index is 1.49. The van der Waals surface area contributed by atoms with Gasteiger partial charge in [-0.05, 0) is 31.4 Å². The highest BCUT2D eigenvalue weighted by molar-refractivity contribution is 7.11. The van der Waals surface area contributed by atoms with E-state index in [9.17, 15) is 0 Å². The van der Waals surface area contributed by atoms with Crippen LogP contribution in [-0.4, -0.2) is 25.8 Å². The van der Waals surface area contributed by atoms with Crippen LogP contribution in [0.2, 0.25) is 0 Å². The second-order valence-corrected chi connectivity index (χ2v) is 5.57. The van der Waals surface area contributed by atoms with E-state index in [0.717, 1.165) is 38.6 Å². The maximum absolute atomic E-state index is 5.60. The molecule has 1 N–H and O–H groups in total. The predicted molar refractivity (Wildman–Crippen MR) is 69.2 cm³/mol. The Morgan fingerprint density at radius 1 is 1.31 bits per heavy atom. The van der Waals surface area contributed by atoms with E-state index in [1.807, 2.05) is 11.3 Å². The number of nitrogens with one attached hydrogen (secondary N) is 1. The smallest absolute Gasteiger partial charge is 0.0591 e. The van der Waals surface area contributed by atoms with Crippen molar-refractivity contribution in [2.45, 2.75) is 38.6 Å². The molecule has 2 nitrogen and oxygen atoms in total. The summed E-state index contributed by atoms with van der Waals surface area (Å²) in [6.45, 7) is 4.92. The summed E-state index contributed by atoms with van der Waals surface area (Å²) in [5.41, 5.74) is 0. The van der Waals surface area contributed by atoms with Gasteiger partial charge in [-0.15, -0.1) is 11.3 Å². The van der Waals surface area contributed by atoms with Gasteiger partial charge < -0.3 is 10.1 Å². The Labute approximate surface area is 102 Å². The molecule has 1 aromatic heterocycles. The maximum Gasteiger partial charge on any atom is 0.0591 e. The summed E-state index contributed by atoms with van der Waals surface area (Å²) < 4.78 is 5.60. The van der Waals surface area contributed by atoms with E-state index >= 15 is 0 Å². The quantitative estimate of drug-likeness (QED) is 0.704. The van der Waals surface area contributed by atoms with Crippen LogP contribution in [0.1, 0.15) is 29.5 Å². The molecule has 90 valence electrons. The Kier molecular flexibility index (Phi) is 4.82. The van der Waals surface area contributed by atoms with Gasteiger partial charge in [-0.1, -0.05) is 6.92 Å². The molecule has 1 fully saturated rings. The lowest BCUT2D eigenvalue weighted by Crippen LogP contribution is -2.22. The molecule has 0 atom stereocenters. The summed E-state index contributed by atoms with van der Waals surface area (Å²) >= 11 is 1.92. The van der Waals surface area contributed by atoms with Crippen LogP contribution in [0.3, 0.4) is 0 Å². The first-order valence-electron chi connectivity index (χ1n) is 6.27. The molecule has 0 unspecified atom stereocenters. The molecule has 1 saturated carbocycles. The Hall–Kier alpha value is -0.380. The SMILES string of the molecule is CCc1ccc(CCOCCNC2CC2)s1. The predicted octanol–water partition coefficient (Wildman–Crippen LogP) is 2.62. The van der Waals surface area contributed by atoms with Crippen LogP contribution in [-0.2, 0) is 17.6 Å². The zero-order valence-corrected chi connectivity index (χ0v) is 10.8. The van der Waals surface area contributed by atoms with Gasteiger partial charge in [0.1, 0.15) is 0 Å². The van der Waals surface area contributed by atoms with E-state index in [0.29, 0.717) is 0 Å². The molecule has 1 aliphatic rings. The van der Waals surface area contributed by atoms with Crippen molar-refractivity contribution in [3.05, 3.63) is 21.9 Å². The van der Waals surface area contributed by atoms with Crippen LogP contribution in [0.4, 0.5) is 0 Å². The summed E-state index contributed by atoms with van der Waals surface area (Å²) in [6.07, 6.45) is 4.93. The van der Waals surface area contributed by atoms with Gasteiger partial charge in [-0.25, -0.2) is 0 Å². The third kappa shape index (κ3) is 4.24. The van der Waals surface area contributed by atoms with Crippen molar-refractivity contribution in [1.82, 2.24) is 5.32 Å². The highest BCUT2D eigenvalue weighted by Gasteiger charge is 2.19. The number of thiophene rings is 1. The molecular weight excluding hydrogens is 218 g/mol. The number of ether oxygens (including phenoxy) is 1. The summed E-state index contributed by atoms with van der Waals surface area (Å²) in [7, 11) is 0. The molecule has 0 radical (unpaired) electrons. The van der Waals surface area contributed by atoms with Gasteiger partial charge in [0.2, 0.25) is 0 Å². The molecule has 3 heteroatoms. The lowest BCUT2D eigenvalue weighted by molar-refractivity contribution is 0.139. The minimum Gasteiger partial charge on any atom is -0.380 e. The van der Waals surface area contributed by atoms with Gasteiger partial charge in [0, 0.05) is 28.8 Å². The van der Waals surface area contributed by atoms with E-state index in [2.05, 4.69) is 24.4 Å². The van der Waals surface area contributed by atoms with Gasteiger partial charge in [-0.2, -0.15) is 0 Å². The Morgan fingerprint density at radius 3 is 2.81 bits per heavy atom. The largest absolute Gasteiger partial charge is 0.380 e. The van der Waals surface area contributed by atoms with Crippen LogP contribution in [0.5, 0.6) is 0 Å². The van der Waals surface area contributed by atoms with Crippen molar-refractivity contribution in [1.29, 1.82) is 0 Å². The highest BCUT2D eigenvalue weighted by Crippen LogP contribution is 2.18. The van der Waals surface area contributed by atoms with Gasteiger partial charge in [0.25, 0.3) is 0 Å². The molecule has 0 amide bonds. The topological polar surface area (TPSA) is 21.3 Å². The monoisotopic (exact) mass is 239 g/mol. The Morgan fingerprint density at radius 2 is 2.12 bits per heavy atom. The Bertz CT molecular complexity index is 307. The third-order valence-corrected chi connectivity index (χ3v) is 4.10. The van der Waals surface area contributed by atoms with Crippen LogP contribution in [0, 0.1) is 0 Å². The number of hydrogen-bond donors (Lipinski definition) is 1. The minimum absolute atomic E-state index is 0.799. The van der Waals surface area contributed by atoms with Crippen LogP contribution in [0.25, 0.3) is 0 Å². The molecule has 1 aromatic rings. The standard InChI is InChI=1S/C13H21NOS/c1-2-12-5-6-13(16-12)7-9-15-10-8-14-11-3-4-11/h5-6,11,14H,2-4,7-10H2,1H3. The van der Waals surface area contributed by atoms with Crippen molar-refractivity contribution in [2.75, 3.05) is 19.8 Å². The van der Waals surface area contributed by atoms with Gasteiger partial charge >= 0.3 is 0 Å². The van der Waals surface area contributed by atoms with E-state index in [4.69, 9.17) is 4.74 Å². The summed E-state index contributed by atoms with van der Waals surface area (Å²) in [6, 6.07) is 5.26. The molecule has 16 heavy (non-hydrogen) atoms. The van der Waals surface area contributed by atoms with Crippen molar-refractivity contribution < 1.29 is 4.74 Å². The number of aryl methyl sites for hydroxylation is 1. The molecule has 0 bridgehead atoms. The van der Waals surface area contributed by atoms with Crippen molar-refractivity contribution in [3.8, 4) is 0 Å². The lowest BCUT2D eigenvalue weighted by atomic mass is 10.3. The van der Waals surface area contributed by atoms with Gasteiger partial charge in [-0.3, -0.25) is 0 Å². The average Bonchev–Trinajstić information content (AvgIpc) is 3.01. The van der Waals surface area contributed by atoms with Gasteiger partial charge in [0.05, 0.1) is 13.2 Å². The number of hydrogen-bond acceptors (Lipinski definition) is 3. The molecule has 0 aliphatic heterocycles. The first kappa shape index (κ1) is 12.1. The fourth-order valence-electron chi connectivity index (χ4n) is 1.64. The van der Waals surface area contributed by atoms with E-state index < -0.39 is 0 Å². The zero-order chi connectivity index (χ0) is 11.2. The summed E-state index contributed by atoms with van der Waals surface area (Å²) in [5.74, 6) is 0. The average molecular weight is 239 g/mol. The van der Waals surface area contributed by atoms with Crippen LogP contribution < -0.4 is 5.32 Å². The fourth-order valence-corrected chi connectivity index (χ4v) is 2.58. The lowest BCUT2D eigenvalue weighted by Gasteiger charge is -2.04. The number of rotatable bonds is 8. The first-order chi connectivity index (χ1) is 7.88. The summed E-state index contributed by atoms with van der Waals surface area (Å²) in [4.78, 5) is 2.93. The van der Waals surface area contributed by atoms with Crippen molar-refractivity contribution in [3.63, 3.8) is 0 Å². The molecule has 0 saturated heterocycles. The second-order valence-electron chi connectivity index (χ2n) is 4.31. The maximum atomic E-state index is 5.60. The molecule has 1 aliphatic carbocycles. The highest BCUT2D eigenvalue weighted by atomic mass is 32.1. The second kappa shape index (κ2) is 6.38. The molecule has 1 heterocycles. The van der Waals surface area contributed by atoms with E-state index in [-0.39, 0.29) is 0 Å². The van der Waals surface area contributed by atoms with E-state index in [1.165, 1.54) is 22.6 Å². The fraction of sp³-hybridized carbons (Fsp3) is 0.692. The molecular formula is C13H21NOS. The summed E-state index contributed by atoms with van der Waals surface area (Å²) in [5, 5.41) is 3.45. The molecule has 0 spiro atoms. The molecule has 0 aromatic carbocycles. The first-order valence-corrected chi connectivity index (χ1v) is 7.09. The van der Waals surface area contributed by atoms with Crippen molar-refractivity contribution >= 4 is 11.3 Å². The zero-order valence-electron chi connectivity index (χ0n) is 10.00. The van der Waals surface area contributed by atoms with Crippen LogP contribution >= 0.6 is 11.3 Å². The van der Waals surface area contributed by atoms with Gasteiger partial charge in [0.15, 0.2) is 0 Å². The normalized spacial score (nSPS) is 15.6. The van der Waals surface area contributed by atoms with Crippen LogP contribution in [0.15, 0.2) is 12.1 Å². The van der Waals surface area contributed by atoms with E-state index in [1.54, 1.807) is 0 Å². The minimum atomic E-state index is 0.799.